The molecule has 154 valence electrons. The molecule has 0 saturated carbocycles. The van der Waals surface area contributed by atoms with E-state index in [0.29, 0.717) is 11.1 Å². The Balaban J connectivity index is 1.84. The molecule has 4 bridgehead atoms. The summed E-state index contributed by atoms with van der Waals surface area (Å²) in [5.41, 5.74) is -0.216. The van der Waals surface area contributed by atoms with Crippen LogP contribution in [0, 0.1) is 11.6 Å². The average Bonchev–Trinajstić information content (AvgIpc) is 2.73. The van der Waals surface area contributed by atoms with E-state index in [9.17, 15) is 22.6 Å². The first-order chi connectivity index (χ1) is 14.4. The highest BCUT2D eigenvalue weighted by Crippen LogP contribution is 2.33. The fourth-order valence-electron chi connectivity index (χ4n) is 2.87. The molecule has 3 aromatic rings. The molecule has 1 aromatic heterocycles. The SMILES string of the molecule is O=C1OCCOc2ccc(F)cc2-c2ccc(F)c(c2)NS(=O)c2cc1c[nH]c2=O. The van der Waals surface area contributed by atoms with Crippen molar-refractivity contribution >= 4 is 22.6 Å². The molecular formula is C20H14F2N2O5S. The minimum Gasteiger partial charge on any atom is -0.489 e. The topological polar surface area (TPSA) is 97.5 Å². The number of H-pyrrole nitrogens is 1. The number of benzene rings is 2. The van der Waals surface area contributed by atoms with Gasteiger partial charge in [0.25, 0.3) is 5.56 Å². The number of fused-ring (bicyclic) bond motifs is 6. The lowest BCUT2D eigenvalue weighted by atomic mass is 10.0. The monoisotopic (exact) mass is 432 g/mol. The number of hydrogen-bond acceptors (Lipinski definition) is 5. The van der Waals surface area contributed by atoms with Crippen LogP contribution in [0.2, 0.25) is 0 Å². The molecule has 1 unspecified atom stereocenters. The number of ether oxygens (including phenoxy) is 2. The van der Waals surface area contributed by atoms with Gasteiger partial charge in [-0.1, -0.05) is 6.07 Å². The van der Waals surface area contributed by atoms with Gasteiger partial charge >= 0.3 is 5.97 Å². The molecule has 1 atom stereocenters. The largest absolute Gasteiger partial charge is 0.489 e. The van der Waals surface area contributed by atoms with E-state index >= 15 is 0 Å². The predicted molar refractivity (Wildman–Crippen MR) is 105 cm³/mol. The van der Waals surface area contributed by atoms with Crippen LogP contribution in [0.25, 0.3) is 11.1 Å². The first-order valence-corrected chi connectivity index (χ1v) is 9.88. The molecule has 1 aliphatic heterocycles. The highest BCUT2D eigenvalue weighted by molar-refractivity contribution is 7.86. The first-order valence-electron chi connectivity index (χ1n) is 8.73. The highest BCUT2D eigenvalue weighted by atomic mass is 32.2. The standard InChI is InChI=1S/C20H14F2N2O5S/c21-13-2-4-17-14(9-13)11-1-3-15(22)16(7-11)24-30(27)18-8-12(10-23-19(18)25)20(26)29-6-5-28-17/h1-4,7-10,24H,5-6H2,(H,23,25). The van der Waals surface area contributed by atoms with Crippen LogP contribution >= 0.6 is 0 Å². The minimum absolute atomic E-state index is 0.0290. The summed E-state index contributed by atoms with van der Waals surface area (Å²) in [4.78, 5) is 26.3. The number of aromatic amines is 1. The van der Waals surface area contributed by atoms with Crippen molar-refractivity contribution in [1.82, 2.24) is 4.98 Å². The summed E-state index contributed by atoms with van der Waals surface area (Å²) in [7, 11) is -2.19. The summed E-state index contributed by atoms with van der Waals surface area (Å²) < 4.78 is 54.0. The molecule has 7 nitrogen and oxygen atoms in total. The zero-order chi connectivity index (χ0) is 21.3. The molecule has 2 N–H and O–H groups in total. The average molecular weight is 432 g/mol. The van der Waals surface area contributed by atoms with E-state index in [2.05, 4.69) is 9.71 Å². The number of cyclic esters (lactones) is 1. The first kappa shape index (κ1) is 19.8. The van der Waals surface area contributed by atoms with Gasteiger partial charge in [-0.3, -0.25) is 9.52 Å². The Morgan fingerprint density at radius 1 is 0.933 bits per heavy atom. The maximum Gasteiger partial charge on any atom is 0.339 e. The molecule has 0 saturated heterocycles. The van der Waals surface area contributed by atoms with Gasteiger partial charge in [0.1, 0.15) is 35.5 Å². The molecule has 4 rings (SSSR count). The molecule has 0 aliphatic carbocycles. The number of nitrogens with one attached hydrogen (secondary N) is 2. The molecule has 0 amide bonds. The van der Waals surface area contributed by atoms with E-state index in [0.717, 1.165) is 18.3 Å². The van der Waals surface area contributed by atoms with Gasteiger partial charge in [-0.05, 0) is 42.0 Å². The summed E-state index contributed by atoms with van der Waals surface area (Å²) in [6.07, 6.45) is 1.13. The molecule has 0 fully saturated rings. The van der Waals surface area contributed by atoms with E-state index in [1.165, 1.54) is 30.3 Å². The number of rotatable bonds is 0. The van der Waals surface area contributed by atoms with Crippen LogP contribution in [0.1, 0.15) is 10.4 Å². The van der Waals surface area contributed by atoms with Crippen LogP contribution in [0.15, 0.2) is 58.4 Å². The minimum atomic E-state index is -2.19. The fourth-order valence-corrected chi connectivity index (χ4v) is 3.79. The van der Waals surface area contributed by atoms with Gasteiger partial charge in [0.05, 0.1) is 11.3 Å². The van der Waals surface area contributed by atoms with Crippen LogP contribution in [-0.4, -0.2) is 28.4 Å². The van der Waals surface area contributed by atoms with E-state index in [1.807, 2.05) is 0 Å². The van der Waals surface area contributed by atoms with Gasteiger partial charge in [-0.2, -0.15) is 0 Å². The van der Waals surface area contributed by atoms with Gasteiger partial charge in [0.2, 0.25) is 0 Å². The van der Waals surface area contributed by atoms with Gasteiger partial charge in [0, 0.05) is 11.8 Å². The summed E-state index contributed by atoms with van der Waals surface area (Å²) >= 11 is 0. The van der Waals surface area contributed by atoms with Crippen molar-refractivity contribution in [3.05, 3.63) is 76.2 Å². The van der Waals surface area contributed by atoms with E-state index in [4.69, 9.17) is 9.47 Å². The lowest BCUT2D eigenvalue weighted by Gasteiger charge is -2.13. The van der Waals surface area contributed by atoms with Crippen molar-refractivity contribution in [2.75, 3.05) is 17.9 Å². The zero-order valence-electron chi connectivity index (χ0n) is 15.2. The Morgan fingerprint density at radius 3 is 2.57 bits per heavy atom. The van der Waals surface area contributed by atoms with Crippen molar-refractivity contribution in [3.8, 4) is 16.9 Å². The normalized spacial score (nSPS) is 16.2. The van der Waals surface area contributed by atoms with Gasteiger partial charge in [-0.15, -0.1) is 0 Å². The fraction of sp³-hybridized carbons (Fsp3) is 0.100. The van der Waals surface area contributed by atoms with Crippen molar-refractivity contribution < 1.29 is 27.3 Å². The van der Waals surface area contributed by atoms with Crippen molar-refractivity contribution in [3.63, 3.8) is 0 Å². The second-order valence-corrected chi connectivity index (χ2v) is 7.45. The number of hydrogen-bond donors (Lipinski definition) is 2. The molecule has 0 spiro atoms. The lowest BCUT2D eigenvalue weighted by Crippen LogP contribution is -2.20. The number of aromatic nitrogens is 1. The van der Waals surface area contributed by atoms with E-state index in [-0.39, 0.29) is 35.1 Å². The highest BCUT2D eigenvalue weighted by Gasteiger charge is 2.18. The van der Waals surface area contributed by atoms with Crippen LogP contribution in [-0.2, 0) is 15.7 Å². The van der Waals surface area contributed by atoms with Crippen LogP contribution in [0.4, 0.5) is 14.5 Å². The Bertz CT molecular complexity index is 1230. The van der Waals surface area contributed by atoms with Gasteiger partial charge in [-0.25, -0.2) is 17.8 Å². The molecule has 2 heterocycles. The van der Waals surface area contributed by atoms with Gasteiger partial charge < -0.3 is 14.5 Å². The quantitative estimate of drug-likeness (QED) is 0.533. The Labute approximate surface area is 171 Å². The Morgan fingerprint density at radius 2 is 1.73 bits per heavy atom. The number of carbonyl (C=O) groups is 1. The van der Waals surface area contributed by atoms with Crippen LogP contribution < -0.4 is 15.0 Å². The lowest BCUT2D eigenvalue weighted by molar-refractivity contribution is 0.0450. The number of anilines is 1. The third-order valence-corrected chi connectivity index (χ3v) is 5.41. The van der Waals surface area contributed by atoms with Gasteiger partial charge in [0.15, 0.2) is 11.0 Å². The molecule has 10 heteroatoms. The van der Waals surface area contributed by atoms with E-state index in [1.54, 1.807) is 0 Å². The maximum absolute atomic E-state index is 14.3. The van der Waals surface area contributed by atoms with Crippen molar-refractivity contribution in [2.45, 2.75) is 4.90 Å². The smallest absolute Gasteiger partial charge is 0.339 e. The summed E-state index contributed by atoms with van der Waals surface area (Å²) in [6.45, 7) is -0.154. The zero-order valence-corrected chi connectivity index (χ0v) is 16.1. The Hall–Kier alpha value is -3.53. The molecular weight excluding hydrogens is 418 g/mol. The molecule has 0 radical (unpaired) electrons. The molecule has 1 aliphatic rings. The summed E-state index contributed by atoms with van der Waals surface area (Å²) in [6, 6.07) is 8.78. The van der Waals surface area contributed by atoms with Crippen LogP contribution in [0.5, 0.6) is 5.75 Å². The maximum atomic E-state index is 14.3. The number of esters is 1. The second kappa shape index (κ2) is 8.07. The Kier molecular flexibility index (Phi) is 5.32. The molecule has 30 heavy (non-hydrogen) atoms. The third-order valence-electron chi connectivity index (χ3n) is 4.30. The van der Waals surface area contributed by atoms with Crippen molar-refractivity contribution in [2.24, 2.45) is 0 Å². The van der Waals surface area contributed by atoms with Crippen molar-refractivity contribution in [1.29, 1.82) is 0 Å². The second-order valence-electron chi connectivity index (χ2n) is 6.27. The van der Waals surface area contributed by atoms with Crippen LogP contribution in [0.3, 0.4) is 0 Å². The number of halogens is 2. The molecule has 2 aromatic carbocycles. The van der Waals surface area contributed by atoms with E-state index < -0.39 is 34.1 Å². The summed E-state index contributed by atoms with van der Waals surface area (Å²) in [5, 5.41) is 0. The number of carbonyl (C=O) groups excluding carboxylic acids is 1. The predicted octanol–water partition coefficient (Wildman–Crippen LogP) is 3.00. The summed E-state index contributed by atoms with van der Waals surface area (Å²) in [5.74, 6) is -1.75. The number of pyridine rings is 1. The third kappa shape index (κ3) is 3.94.